The molecular weight excluding hydrogens is 428 g/mol. The van der Waals surface area contributed by atoms with Crippen molar-refractivity contribution in [1.29, 1.82) is 5.41 Å². The Morgan fingerprint density at radius 3 is 2.41 bits per heavy atom. The molecule has 0 unspecified atom stereocenters. The van der Waals surface area contributed by atoms with Crippen molar-refractivity contribution in [2.75, 3.05) is 32.1 Å². The van der Waals surface area contributed by atoms with Gasteiger partial charge in [-0.3, -0.25) is 20.0 Å². The Labute approximate surface area is 202 Å². The van der Waals surface area contributed by atoms with Crippen molar-refractivity contribution >= 4 is 23.1 Å². The number of rotatable bonds is 7. The molecule has 0 aromatic heterocycles. The third-order valence-electron chi connectivity index (χ3n) is 6.27. The van der Waals surface area contributed by atoms with E-state index in [1.807, 2.05) is 44.2 Å². The van der Waals surface area contributed by atoms with E-state index in [4.69, 9.17) is 10.1 Å². The first kappa shape index (κ1) is 25.3. The van der Waals surface area contributed by atoms with E-state index in [-0.39, 0.29) is 17.5 Å². The SMILES string of the molecule is C=C(c1cc(C(C)C)c(OC)cc1O)N(C(=N)C(=O)NC)c1ccc(CN2CCCCC2)cc1. The molecule has 0 atom stereocenters. The van der Waals surface area contributed by atoms with Crippen molar-refractivity contribution in [2.24, 2.45) is 0 Å². The van der Waals surface area contributed by atoms with E-state index in [0.29, 0.717) is 22.7 Å². The average molecular weight is 465 g/mol. The zero-order valence-corrected chi connectivity index (χ0v) is 20.6. The summed E-state index contributed by atoms with van der Waals surface area (Å²) >= 11 is 0. The van der Waals surface area contributed by atoms with Crippen molar-refractivity contribution in [3.05, 3.63) is 59.7 Å². The van der Waals surface area contributed by atoms with Gasteiger partial charge in [0.15, 0.2) is 5.84 Å². The second kappa shape index (κ2) is 11.2. The van der Waals surface area contributed by atoms with E-state index < -0.39 is 5.91 Å². The first-order valence-corrected chi connectivity index (χ1v) is 11.8. The lowest BCUT2D eigenvalue weighted by Crippen LogP contribution is -2.40. The lowest BCUT2D eigenvalue weighted by atomic mass is 9.97. The number of carbonyl (C=O) groups is 1. The number of likely N-dealkylation sites (tertiary alicyclic amines) is 1. The second-order valence-electron chi connectivity index (χ2n) is 8.98. The molecule has 1 aliphatic heterocycles. The molecule has 3 N–H and O–H groups in total. The number of aromatic hydroxyl groups is 1. The standard InChI is InChI=1S/C27H36N4O3/c1-18(2)22-15-23(24(32)16-25(22)34-5)19(3)31(26(28)27(33)29-4)21-11-9-20(10-12-21)17-30-13-7-6-8-14-30/h9-12,15-16,18,28,32H,3,6-8,13-14,17H2,1-2,4-5H3,(H,29,33). The molecule has 0 bridgehead atoms. The number of carbonyl (C=O) groups excluding carboxylic acids is 1. The van der Waals surface area contributed by atoms with Gasteiger partial charge in [0.1, 0.15) is 11.5 Å². The summed E-state index contributed by atoms with van der Waals surface area (Å²) < 4.78 is 5.43. The highest BCUT2D eigenvalue weighted by Gasteiger charge is 2.25. The third kappa shape index (κ3) is 5.59. The zero-order valence-electron chi connectivity index (χ0n) is 20.6. The minimum atomic E-state index is -0.546. The Hall–Kier alpha value is -3.32. The highest BCUT2D eigenvalue weighted by Crippen LogP contribution is 2.38. The van der Waals surface area contributed by atoms with Crippen LogP contribution in [-0.2, 0) is 11.3 Å². The molecule has 0 aliphatic carbocycles. The molecule has 0 spiro atoms. The number of phenolic OH excluding ortho intramolecular Hbond substituents is 1. The molecule has 0 saturated carbocycles. The van der Waals surface area contributed by atoms with Crippen LogP contribution in [0.15, 0.2) is 43.0 Å². The molecular formula is C27H36N4O3. The number of nitrogens with one attached hydrogen (secondary N) is 2. The number of likely N-dealkylation sites (N-methyl/N-ethyl adjacent to an activating group) is 1. The smallest absolute Gasteiger partial charge is 0.286 e. The summed E-state index contributed by atoms with van der Waals surface area (Å²) in [5.74, 6) is -0.127. The molecule has 1 amide bonds. The van der Waals surface area contributed by atoms with Gasteiger partial charge in [0, 0.05) is 30.9 Å². The van der Waals surface area contributed by atoms with Crippen LogP contribution in [-0.4, -0.2) is 49.0 Å². The maximum atomic E-state index is 12.4. The van der Waals surface area contributed by atoms with E-state index >= 15 is 0 Å². The van der Waals surface area contributed by atoms with Gasteiger partial charge >= 0.3 is 0 Å². The molecule has 2 aromatic carbocycles. The maximum Gasteiger partial charge on any atom is 0.286 e. The van der Waals surface area contributed by atoms with E-state index in [1.54, 1.807) is 13.2 Å². The summed E-state index contributed by atoms with van der Waals surface area (Å²) in [5.41, 5.74) is 3.48. The fraction of sp³-hybridized carbons (Fsp3) is 0.407. The summed E-state index contributed by atoms with van der Waals surface area (Å²) in [6, 6.07) is 11.2. The summed E-state index contributed by atoms with van der Waals surface area (Å²) in [7, 11) is 3.05. The Balaban J connectivity index is 1.97. The van der Waals surface area contributed by atoms with Crippen LogP contribution in [0, 0.1) is 5.41 Å². The molecule has 1 saturated heterocycles. The number of nitrogens with zero attached hydrogens (tertiary/aromatic N) is 2. The van der Waals surface area contributed by atoms with E-state index in [1.165, 1.54) is 36.8 Å². The van der Waals surface area contributed by atoms with Crippen LogP contribution in [0.3, 0.4) is 0 Å². The van der Waals surface area contributed by atoms with Crippen molar-refractivity contribution in [2.45, 2.75) is 45.6 Å². The molecule has 7 nitrogen and oxygen atoms in total. The lowest BCUT2D eigenvalue weighted by molar-refractivity contribution is -0.114. The normalized spacial score (nSPS) is 14.0. The fourth-order valence-corrected chi connectivity index (χ4v) is 4.33. The predicted octanol–water partition coefficient (Wildman–Crippen LogP) is 4.71. The van der Waals surface area contributed by atoms with Gasteiger partial charge in [-0.15, -0.1) is 0 Å². The molecule has 1 fully saturated rings. The number of hydrogen-bond donors (Lipinski definition) is 3. The van der Waals surface area contributed by atoms with Crippen LogP contribution in [0.25, 0.3) is 5.70 Å². The van der Waals surface area contributed by atoms with Crippen molar-refractivity contribution in [3.63, 3.8) is 0 Å². The van der Waals surface area contributed by atoms with Crippen LogP contribution in [0.4, 0.5) is 5.69 Å². The first-order valence-electron chi connectivity index (χ1n) is 11.8. The van der Waals surface area contributed by atoms with E-state index in [9.17, 15) is 9.90 Å². The third-order valence-corrected chi connectivity index (χ3v) is 6.27. The van der Waals surface area contributed by atoms with Crippen LogP contribution in [0.2, 0.25) is 0 Å². The highest BCUT2D eigenvalue weighted by atomic mass is 16.5. The number of anilines is 1. The predicted molar refractivity (Wildman–Crippen MR) is 138 cm³/mol. The number of amidine groups is 1. The highest BCUT2D eigenvalue weighted by molar-refractivity contribution is 6.44. The summed E-state index contributed by atoms with van der Waals surface area (Å²) in [5, 5.41) is 21.8. The summed E-state index contributed by atoms with van der Waals surface area (Å²) in [4.78, 5) is 16.4. The molecule has 3 rings (SSSR count). The van der Waals surface area contributed by atoms with Gasteiger partial charge in [-0.2, -0.15) is 0 Å². The van der Waals surface area contributed by atoms with Crippen LogP contribution in [0.1, 0.15) is 55.7 Å². The fourth-order valence-electron chi connectivity index (χ4n) is 4.33. The molecule has 34 heavy (non-hydrogen) atoms. The van der Waals surface area contributed by atoms with Gasteiger partial charge in [0.05, 0.1) is 12.8 Å². The van der Waals surface area contributed by atoms with Gasteiger partial charge in [-0.1, -0.05) is 39.0 Å². The number of phenols is 1. The molecule has 1 heterocycles. The number of methoxy groups -OCH3 is 1. The Morgan fingerprint density at radius 1 is 1.21 bits per heavy atom. The first-order chi connectivity index (χ1) is 16.3. The lowest BCUT2D eigenvalue weighted by Gasteiger charge is -2.29. The van der Waals surface area contributed by atoms with E-state index in [0.717, 1.165) is 25.2 Å². The topological polar surface area (TPSA) is 88.9 Å². The quantitative estimate of drug-likeness (QED) is 0.408. The van der Waals surface area contributed by atoms with Gasteiger partial charge in [-0.25, -0.2) is 0 Å². The average Bonchev–Trinajstić information content (AvgIpc) is 2.84. The van der Waals surface area contributed by atoms with Crippen molar-refractivity contribution in [3.8, 4) is 11.5 Å². The number of hydrogen-bond acceptors (Lipinski definition) is 5. The minimum absolute atomic E-state index is 0.0253. The Kier molecular flexibility index (Phi) is 8.34. The molecule has 2 aromatic rings. The Bertz CT molecular complexity index is 1040. The molecule has 0 radical (unpaired) electrons. The molecule has 7 heteroatoms. The summed E-state index contributed by atoms with van der Waals surface area (Å²) in [6.45, 7) is 11.3. The number of benzene rings is 2. The molecule has 182 valence electrons. The number of amides is 1. The number of ether oxygens (including phenoxy) is 1. The van der Waals surface area contributed by atoms with Gasteiger partial charge in [0.2, 0.25) is 0 Å². The maximum absolute atomic E-state index is 12.4. The van der Waals surface area contributed by atoms with Crippen molar-refractivity contribution < 1.29 is 14.6 Å². The van der Waals surface area contributed by atoms with Crippen molar-refractivity contribution in [1.82, 2.24) is 10.2 Å². The minimum Gasteiger partial charge on any atom is -0.507 e. The Morgan fingerprint density at radius 2 is 1.85 bits per heavy atom. The molecule has 1 aliphatic rings. The van der Waals surface area contributed by atoms with E-state index in [2.05, 4.69) is 16.8 Å². The van der Waals surface area contributed by atoms with Gasteiger partial charge in [0.25, 0.3) is 5.91 Å². The van der Waals surface area contributed by atoms with Crippen LogP contribution in [0.5, 0.6) is 11.5 Å². The van der Waals surface area contributed by atoms with Crippen LogP contribution < -0.4 is 15.0 Å². The van der Waals surface area contributed by atoms with Crippen LogP contribution >= 0.6 is 0 Å². The van der Waals surface area contributed by atoms with Gasteiger partial charge < -0.3 is 15.2 Å². The summed E-state index contributed by atoms with van der Waals surface area (Å²) in [6.07, 6.45) is 3.77. The monoisotopic (exact) mass is 464 g/mol. The number of piperidine rings is 1. The second-order valence-corrected chi connectivity index (χ2v) is 8.98. The zero-order chi connectivity index (χ0) is 24.8. The largest absolute Gasteiger partial charge is 0.507 e. The van der Waals surface area contributed by atoms with Gasteiger partial charge in [-0.05, 0) is 61.2 Å².